The number of nitrogens with zero attached hydrogens (tertiary/aromatic N) is 1. The second kappa shape index (κ2) is 7.84. The van der Waals surface area contributed by atoms with Crippen molar-refractivity contribution in [3.8, 4) is 0 Å². The summed E-state index contributed by atoms with van der Waals surface area (Å²) in [7, 11) is 1.77. The number of allylic oxidation sites excluding steroid dienone is 1. The molecule has 0 bridgehead atoms. The smallest absolute Gasteiger partial charge is 0.223 e. The van der Waals surface area contributed by atoms with Crippen LogP contribution in [0.4, 0.5) is 0 Å². The first-order valence-electron chi connectivity index (χ1n) is 4.87. The van der Waals surface area contributed by atoms with E-state index in [1.165, 1.54) is 5.57 Å². The Morgan fingerprint density at radius 1 is 1.23 bits per heavy atom. The topological polar surface area (TPSA) is 20.3 Å². The van der Waals surface area contributed by atoms with Gasteiger partial charge in [-0.1, -0.05) is 33.3 Å². The Labute approximate surface area is 82.6 Å². The minimum Gasteiger partial charge on any atom is -0.322 e. The Hall–Kier alpha value is -0.790. The van der Waals surface area contributed by atoms with E-state index in [0.717, 1.165) is 0 Å². The molecule has 2 nitrogen and oxygen atoms in total. The summed E-state index contributed by atoms with van der Waals surface area (Å²) >= 11 is 0. The zero-order chi connectivity index (χ0) is 11.0. The van der Waals surface area contributed by atoms with Crippen molar-refractivity contribution >= 4 is 5.91 Å². The molecule has 0 aliphatic heterocycles. The molecule has 0 aromatic heterocycles. The van der Waals surface area contributed by atoms with E-state index < -0.39 is 0 Å². The van der Waals surface area contributed by atoms with Gasteiger partial charge in [-0.25, -0.2) is 0 Å². The van der Waals surface area contributed by atoms with E-state index in [0.29, 0.717) is 5.92 Å². The molecule has 1 amide bonds. The first-order valence-corrected chi connectivity index (χ1v) is 4.87. The molecule has 0 radical (unpaired) electrons. The normalized spacial score (nSPS) is 10.6. The van der Waals surface area contributed by atoms with Crippen LogP contribution in [0.15, 0.2) is 11.8 Å². The number of hydrogen-bond donors (Lipinski definition) is 0. The summed E-state index contributed by atoms with van der Waals surface area (Å²) in [6, 6.07) is 0. The van der Waals surface area contributed by atoms with Gasteiger partial charge in [0, 0.05) is 20.2 Å². The van der Waals surface area contributed by atoms with E-state index in [9.17, 15) is 4.79 Å². The number of carbonyl (C=O) groups is 1. The summed E-state index contributed by atoms with van der Waals surface area (Å²) < 4.78 is 0. The summed E-state index contributed by atoms with van der Waals surface area (Å²) in [4.78, 5) is 12.4. The minimum absolute atomic E-state index is 0.0741. The SMILES string of the molecule is CC.CC(=O)N(C)/C=C(\C)C(C)C. The molecule has 0 fully saturated rings. The Kier molecular flexibility index (Phi) is 8.87. The maximum absolute atomic E-state index is 10.8. The predicted molar refractivity (Wildman–Crippen MR) is 58.4 cm³/mol. The Morgan fingerprint density at radius 2 is 1.62 bits per heavy atom. The molecule has 0 heterocycles. The number of rotatable bonds is 2. The summed E-state index contributed by atoms with van der Waals surface area (Å²) in [6.45, 7) is 11.8. The number of amides is 1. The molecule has 0 spiro atoms. The molecule has 0 N–H and O–H groups in total. The van der Waals surface area contributed by atoms with Crippen LogP contribution in [0.3, 0.4) is 0 Å². The van der Waals surface area contributed by atoms with E-state index >= 15 is 0 Å². The van der Waals surface area contributed by atoms with Crippen LogP contribution in [0.1, 0.15) is 41.5 Å². The molecule has 0 rings (SSSR count). The van der Waals surface area contributed by atoms with Crippen molar-refractivity contribution < 1.29 is 4.79 Å². The van der Waals surface area contributed by atoms with Crippen molar-refractivity contribution in [2.75, 3.05) is 7.05 Å². The fourth-order valence-corrected chi connectivity index (χ4v) is 0.545. The summed E-state index contributed by atoms with van der Waals surface area (Å²) in [6.07, 6.45) is 1.88. The fraction of sp³-hybridized carbons (Fsp3) is 0.727. The number of hydrogen-bond acceptors (Lipinski definition) is 1. The van der Waals surface area contributed by atoms with Crippen LogP contribution in [0.25, 0.3) is 0 Å². The lowest BCUT2D eigenvalue weighted by molar-refractivity contribution is -0.125. The van der Waals surface area contributed by atoms with E-state index in [2.05, 4.69) is 13.8 Å². The van der Waals surface area contributed by atoms with Crippen LogP contribution in [-0.4, -0.2) is 17.9 Å². The molecule has 0 unspecified atom stereocenters. The molecule has 0 aromatic rings. The molecule has 0 aromatic carbocycles. The highest BCUT2D eigenvalue weighted by Gasteiger charge is 2.00. The average Bonchev–Trinajstić information content (AvgIpc) is 2.07. The standard InChI is InChI=1S/C9H17NO.C2H6/c1-7(2)8(3)6-10(5)9(4)11;1-2/h6-7H,1-5H3;1-2H3/b8-6+;. The van der Waals surface area contributed by atoms with Crippen LogP contribution in [-0.2, 0) is 4.79 Å². The Bertz CT molecular complexity index is 171. The van der Waals surface area contributed by atoms with Crippen molar-refractivity contribution in [1.29, 1.82) is 0 Å². The molecule has 2 heteroatoms. The van der Waals surface area contributed by atoms with Crippen molar-refractivity contribution in [2.24, 2.45) is 5.92 Å². The Morgan fingerprint density at radius 3 is 1.85 bits per heavy atom. The highest BCUT2D eigenvalue weighted by atomic mass is 16.2. The fourth-order valence-electron chi connectivity index (χ4n) is 0.545. The van der Waals surface area contributed by atoms with Gasteiger partial charge in [0.2, 0.25) is 5.91 Å². The van der Waals surface area contributed by atoms with Crippen molar-refractivity contribution in [1.82, 2.24) is 4.90 Å². The highest BCUT2D eigenvalue weighted by Crippen LogP contribution is 2.08. The summed E-state index contributed by atoms with van der Waals surface area (Å²) in [5.74, 6) is 0.585. The zero-order valence-electron chi connectivity index (χ0n) is 10.0. The number of carbonyl (C=O) groups excluding carboxylic acids is 1. The lowest BCUT2D eigenvalue weighted by Crippen LogP contribution is -2.17. The van der Waals surface area contributed by atoms with E-state index in [4.69, 9.17) is 0 Å². The van der Waals surface area contributed by atoms with Gasteiger partial charge in [-0.05, 0) is 12.8 Å². The van der Waals surface area contributed by atoms with Crippen molar-refractivity contribution in [3.05, 3.63) is 11.8 Å². The molecular weight excluding hydrogens is 162 g/mol. The van der Waals surface area contributed by atoms with Gasteiger partial charge in [0.05, 0.1) is 0 Å². The van der Waals surface area contributed by atoms with Gasteiger partial charge in [0.25, 0.3) is 0 Å². The lowest BCUT2D eigenvalue weighted by atomic mass is 10.1. The second-order valence-electron chi connectivity index (χ2n) is 3.16. The van der Waals surface area contributed by atoms with Crippen LogP contribution < -0.4 is 0 Å². The average molecular weight is 185 g/mol. The van der Waals surface area contributed by atoms with E-state index in [1.54, 1.807) is 18.9 Å². The van der Waals surface area contributed by atoms with Crippen LogP contribution in [0.5, 0.6) is 0 Å². The first kappa shape index (κ1) is 14.7. The molecule has 0 saturated heterocycles. The van der Waals surface area contributed by atoms with Gasteiger partial charge in [0.1, 0.15) is 0 Å². The molecule has 78 valence electrons. The van der Waals surface area contributed by atoms with E-state index in [1.807, 2.05) is 27.0 Å². The summed E-state index contributed by atoms with van der Waals surface area (Å²) in [5.41, 5.74) is 1.22. The second-order valence-corrected chi connectivity index (χ2v) is 3.16. The molecule has 0 saturated carbocycles. The molecule has 0 aliphatic carbocycles. The van der Waals surface area contributed by atoms with Gasteiger partial charge >= 0.3 is 0 Å². The van der Waals surface area contributed by atoms with Crippen LogP contribution in [0, 0.1) is 5.92 Å². The van der Waals surface area contributed by atoms with Gasteiger partial charge < -0.3 is 4.90 Å². The van der Waals surface area contributed by atoms with Gasteiger partial charge in [-0.2, -0.15) is 0 Å². The molecule has 0 atom stereocenters. The summed E-state index contributed by atoms with van der Waals surface area (Å²) in [5, 5.41) is 0. The third-order valence-corrected chi connectivity index (χ3v) is 1.80. The lowest BCUT2D eigenvalue weighted by Gasteiger charge is -2.12. The highest BCUT2D eigenvalue weighted by molar-refractivity contribution is 5.74. The van der Waals surface area contributed by atoms with E-state index in [-0.39, 0.29) is 5.91 Å². The largest absolute Gasteiger partial charge is 0.322 e. The van der Waals surface area contributed by atoms with Crippen LogP contribution >= 0.6 is 0 Å². The third kappa shape index (κ3) is 7.57. The Balaban J connectivity index is 0. The molecular formula is C11H23NO. The van der Waals surface area contributed by atoms with Crippen molar-refractivity contribution in [3.63, 3.8) is 0 Å². The van der Waals surface area contributed by atoms with Gasteiger partial charge in [-0.3, -0.25) is 4.79 Å². The minimum atomic E-state index is 0.0741. The van der Waals surface area contributed by atoms with Crippen molar-refractivity contribution in [2.45, 2.75) is 41.5 Å². The zero-order valence-corrected chi connectivity index (χ0v) is 10.0. The quantitative estimate of drug-likeness (QED) is 0.647. The maximum Gasteiger partial charge on any atom is 0.223 e. The monoisotopic (exact) mass is 185 g/mol. The first-order chi connectivity index (χ1) is 5.95. The molecule has 0 aliphatic rings. The third-order valence-electron chi connectivity index (χ3n) is 1.80. The van der Waals surface area contributed by atoms with Gasteiger partial charge in [0.15, 0.2) is 0 Å². The predicted octanol–water partition coefficient (Wildman–Crippen LogP) is 3.05. The maximum atomic E-state index is 10.8. The molecule has 13 heavy (non-hydrogen) atoms. The van der Waals surface area contributed by atoms with Crippen LogP contribution in [0.2, 0.25) is 0 Å². The van der Waals surface area contributed by atoms with Gasteiger partial charge in [-0.15, -0.1) is 0 Å².